The minimum atomic E-state index is -2.21. The Kier molecular flexibility index (Phi) is 11.7. The van der Waals surface area contributed by atoms with Crippen LogP contribution in [-0.2, 0) is 31.9 Å². The quantitative estimate of drug-likeness (QED) is 0.133. The van der Waals surface area contributed by atoms with Crippen LogP contribution < -0.4 is 20.7 Å². The molecule has 67 heavy (non-hydrogen) atoms. The summed E-state index contributed by atoms with van der Waals surface area (Å²) >= 11 is 0. The van der Waals surface area contributed by atoms with Gasteiger partial charge in [-0.2, -0.15) is 0 Å². The van der Waals surface area contributed by atoms with E-state index in [1.807, 2.05) is 12.3 Å². The first kappa shape index (κ1) is 46.2. The van der Waals surface area contributed by atoms with Crippen molar-refractivity contribution < 1.29 is 26.2 Å². The van der Waals surface area contributed by atoms with Crippen molar-refractivity contribution in [3.63, 3.8) is 0 Å². The van der Waals surface area contributed by atoms with E-state index < -0.39 is 16.1 Å². The van der Waals surface area contributed by atoms with E-state index in [2.05, 4.69) is 230 Å². The van der Waals surface area contributed by atoms with Crippen molar-refractivity contribution in [3.8, 4) is 67.5 Å². The second-order valence-corrected chi connectivity index (χ2v) is 29.9. The molecule has 7 aromatic carbocycles. The van der Waals surface area contributed by atoms with E-state index in [0.717, 1.165) is 66.9 Å². The number of phenols is 1. The Morgan fingerprint density at radius 2 is 1.10 bits per heavy atom. The molecule has 10 rings (SSSR count). The third-order valence-electron chi connectivity index (χ3n) is 14.0. The van der Waals surface area contributed by atoms with Crippen LogP contribution in [0.3, 0.4) is 0 Å². The first-order valence-electron chi connectivity index (χ1n) is 23.2. The van der Waals surface area contributed by atoms with Gasteiger partial charge in [-0.25, -0.2) is 4.98 Å². The predicted octanol–water partition coefficient (Wildman–Crippen LogP) is 12.8. The number of imidazole rings is 1. The molecule has 9 aromatic rings. The Morgan fingerprint density at radius 1 is 0.507 bits per heavy atom. The molecule has 0 radical (unpaired) electrons. The fourth-order valence-electron chi connectivity index (χ4n) is 10.1. The monoisotopic (exact) mass is 1090 g/mol. The molecule has 0 saturated heterocycles. The number of aromatic hydroxyl groups is 1. The summed E-state index contributed by atoms with van der Waals surface area (Å²) in [7, 11) is -4.37. The SMILES string of the molecule is CC(C)(C)c1cc(-c2cc(-c3ccccc3)ccn2)[c-]c(-c2cccc3c2nc(-c2cc4c(cc2O)[Si](C)(C)c2ccccc2[Si]4(C)C)n3-c2ccc(C(C)(C)C)cc2-c2ccccc2)c1.[Pt]. The molecule has 338 valence electrons. The third kappa shape index (κ3) is 8.11. The fraction of sp³-hybridized carbons (Fsp3) is 0.200. The molecular formula is C60H58N3OPtSi2-. The summed E-state index contributed by atoms with van der Waals surface area (Å²) in [4.78, 5) is 10.6. The van der Waals surface area contributed by atoms with Crippen molar-refractivity contribution in [3.05, 3.63) is 181 Å². The van der Waals surface area contributed by atoms with E-state index in [4.69, 9.17) is 9.97 Å². The maximum absolute atomic E-state index is 12.6. The number of pyridine rings is 1. The Bertz CT molecular complexity index is 3340. The molecule has 0 unspecified atom stereocenters. The zero-order chi connectivity index (χ0) is 46.3. The van der Waals surface area contributed by atoms with E-state index >= 15 is 0 Å². The van der Waals surface area contributed by atoms with Crippen molar-refractivity contribution in [2.24, 2.45) is 0 Å². The summed E-state index contributed by atoms with van der Waals surface area (Å²) < 4.78 is 2.31. The minimum absolute atomic E-state index is 0. The number of phenolic OH excluding ortho intramolecular Hbond substituents is 1. The second kappa shape index (κ2) is 17.0. The standard InChI is InChI=1S/C60H58N3OSi2.Pt/c1-59(2,3)44-28-29-50(47(36-44)40-22-15-12-16-23-40)63-51-25-19-24-46(42-32-43(34-45(33-42)60(4,5)6)49-35-41(30-31-61-49)39-20-13-11-14-21-39)57(51)62-58(63)48-37-55-56(38-52(48)64)66(9,10)54-27-18-17-26-53(54)65(55,7)8;/h11-31,33-38,64H,1-10H3;/q-1;. The third-order valence-corrected chi connectivity index (χ3v) is 21.6. The summed E-state index contributed by atoms with van der Waals surface area (Å²) in [5.74, 6) is 0.975. The number of aromatic nitrogens is 3. The molecule has 2 aromatic heterocycles. The van der Waals surface area contributed by atoms with Gasteiger partial charge in [0.15, 0.2) is 0 Å². The molecule has 0 amide bonds. The van der Waals surface area contributed by atoms with Crippen molar-refractivity contribution in [1.29, 1.82) is 0 Å². The molecule has 1 aliphatic heterocycles. The molecule has 0 bridgehead atoms. The Hall–Kier alpha value is -5.92. The first-order chi connectivity index (χ1) is 31.4. The van der Waals surface area contributed by atoms with E-state index in [1.54, 1.807) is 0 Å². The Balaban J connectivity index is 0.00000562. The van der Waals surface area contributed by atoms with Gasteiger partial charge in [0.25, 0.3) is 0 Å². The van der Waals surface area contributed by atoms with Crippen molar-refractivity contribution in [1.82, 2.24) is 14.5 Å². The molecule has 1 N–H and O–H groups in total. The van der Waals surface area contributed by atoms with E-state index in [1.165, 1.54) is 31.9 Å². The molecular weight excluding hydrogens is 1030 g/mol. The number of hydrogen-bond donors (Lipinski definition) is 1. The van der Waals surface area contributed by atoms with Gasteiger partial charge in [-0.3, -0.25) is 9.55 Å². The average Bonchev–Trinajstić information content (AvgIpc) is 3.70. The van der Waals surface area contributed by atoms with Gasteiger partial charge < -0.3 is 5.11 Å². The smallest absolute Gasteiger partial charge is 0.148 e. The fourth-order valence-corrected chi connectivity index (χ4v) is 19.5. The number of benzene rings is 7. The van der Waals surface area contributed by atoms with Gasteiger partial charge in [0, 0.05) is 38.5 Å². The normalized spacial score (nSPS) is 14.0. The van der Waals surface area contributed by atoms with Crippen LogP contribution in [0.5, 0.6) is 5.75 Å². The molecule has 0 fully saturated rings. The second-order valence-electron chi connectivity index (χ2n) is 21.2. The van der Waals surface area contributed by atoms with Gasteiger partial charge in [0.05, 0.1) is 22.3 Å². The topological polar surface area (TPSA) is 50.9 Å². The summed E-state index contributed by atoms with van der Waals surface area (Å²) in [6.45, 7) is 23.4. The van der Waals surface area contributed by atoms with Crippen LogP contribution in [-0.4, -0.2) is 35.8 Å². The van der Waals surface area contributed by atoms with Gasteiger partial charge in [0.2, 0.25) is 0 Å². The van der Waals surface area contributed by atoms with Gasteiger partial charge >= 0.3 is 0 Å². The van der Waals surface area contributed by atoms with Crippen molar-refractivity contribution >= 4 is 47.9 Å². The minimum Gasteiger partial charge on any atom is -0.507 e. The summed E-state index contributed by atoms with van der Waals surface area (Å²) in [6.07, 6.45) is 1.90. The van der Waals surface area contributed by atoms with Gasteiger partial charge in [-0.05, 0) is 69.5 Å². The zero-order valence-electron chi connectivity index (χ0n) is 40.2. The van der Waals surface area contributed by atoms with Crippen LogP contribution >= 0.6 is 0 Å². The molecule has 0 spiro atoms. The summed E-state index contributed by atoms with van der Waals surface area (Å²) in [6, 6.07) is 60.7. The van der Waals surface area contributed by atoms with Crippen LogP contribution in [0.25, 0.3) is 72.7 Å². The number of para-hydroxylation sites is 1. The predicted molar refractivity (Wildman–Crippen MR) is 284 cm³/mol. The van der Waals surface area contributed by atoms with Gasteiger partial charge in [-0.15, -0.1) is 29.3 Å². The number of fused-ring (bicyclic) bond motifs is 3. The number of rotatable bonds is 6. The van der Waals surface area contributed by atoms with Crippen LogP contribution in [0, 0.1) is 6.07 Å². The molecule has 0 saturated carbocycles. The Morgan fingerprint density at radius 3 is 1.75 bits per heavy atom. The summed E-state index contributed by atoms with van der Waals surface area (Å²) in [5, 5.41) is 18.3. The average molecular weight is 1090 g/mol. The molecule has 1 aliphatic rings. The molecule has 7 heteroatoms. The van der Waals surface area contributed by atoms with Crippen LogP contribution in [0.4, 0.5) is 0 Å². The van der Waals surface area contributed by atoms with Crippen LogP contribution in [0.2, 0.25) is 26.2 Å². The number of nitrogens with zero attached hydrogens (tertiary/aromatic N) is 3. The van der Waals surface area contributed by atoms with E-state index in [-0.39, 0.29) is 37.6 Å². The summed E-state index contributed by atoms with van der Waals surface area (Å²) in [5.41, 5.74) is 14.0. The molecule has 0 aliphatic carbocycles. The van der Waals surface area contributed by atoms with E-state index in [0.29, 0.717) is 5.82 Å². The molecule has 3 heterocycles. The van der Waals surface area contributed by atoms with Crippen molar-refractivity contribution in [2.75, 3.05) is 0 Å². The molecule has 4 nitrogen and oxygen atoms in total. The van der Waals surface area contributed by atoms with Crippen molar-refractivity contribution in [2.45, 2.75) is 78.6 Å². The van der Waals surface area contributed by atoms with Crippen LogP contribution in [0.1, 0.15) is 52.7 Å². The van der Waals surface area contributed by atoms with Crippen LogP contribution in [0.15, 0.2) is 164 Å². The first-order valence-corrected chi connectivity index (χ1v) is 29.2. The molecule has 0 atom stereocenters. The van der Waals surface area contributed by atoms with Gasteiger partial charge in [-0.1, -0.05) is 209 Å². The van der Waals surface area contributed by atoms with Gasteiger partial charge in [0.1, 0.15) is 27.7 Å². The largest absolute Gasteiger partial charge is 0.507 e. The number of hydrogen-bond acceptors (Lipinski definition) is 3. The zero-order valence-corrected chi connectivity index (χ0v) is 44.5. The van der Waals surface area contributed by atoms with E-state index in [9.17, 15) is 5.11 Å². The Labute approximate surface area is 413 Å². The maximum atomic E-state index is 12.6. The maximum Gasteiger partial charge on any atom is 0.148 e.